The Morgan fingerprint density at radius 3 is 2.22 bits per heavy atom. The molecule has 0 aromatic carbocycles. The number of rotatable bonds is 8. The summed E-state index contributed by atoms with van der Waals surface area (Å²) in [5, 5.41) is 8.65. The molecular formula is C13H24N2O3. The lowest BCUT2D eigenvalue weighted by molar-refractivity contribution is -0.140. The van der Waals surface area contributed by atoms with Crippen molar-refractivity contribution in [3.63, 3.8) is 0 Å². The first kappa shape index (κ1) is 15.0. The van der Waals surface area contributed by atoms with E-state index in [0.717, 1.165) is 39.0 Å². The number of amides is 1. The zero-order valence-electron chi connectivity index (χ0n) is 11.4. The third-order valence-corrected chi connectivity index (χ3v) is 3.19. The molecule has 0 bridgehead atoms. The van der Waals surface area contributed by atoms with Crippen LogP contribution < -0.4 is 0 Å². The zero-order chi connectivity index (χ0) is 13.5. The second kappa shape index (κ2) is 7.36. The van der Waals surface area contributed by atoms with Crippen molar-refractivity contribution in [2.24, 2.45) is 5.92 Å². The van der Waals surface area contributed by atoms with E-state index in [-0.39, 0.29) is 18.2 Å². The van der Waals surface area contributed by atoms with E-state index in [1.54, 1.807) is 0 Å². The molecule has 0 unspecified atom stereocenters. The molecule has 0 aliphatic carbocycles. The highest BCUT2D eigenvalue weighted by Gasteiger charge is 2.30. The van der Waals surface area contributed by atoms with Crippen molar-refractivity contribution in [2.45, 2.75) is 33.1 Å². The zero-order valence-corrected chi connectivity index (χ0v) is 11.4. The van der Waals surface area contributed by atoms with Crippen molar-refractivity contribution in [2.75, 3.05) is 32.7 Å². The van der Waals surface area contributed by atoms with Crippen LogP contribution in [0.25, 0.3) is 0 Å². The Balaban J connectivity index is 2.26. The van der Waals surface area contributed by atoms with E-state index in [0.29, 0.717) is 6.54 Å². The van der Waals surface area contributed by atoms with Gasteiger partial charge in [0, 0.05) is 26.2 Å². The predicted octanol–water partition coefficient (Wildman–Crippen LogP) is 1.04. The van der Waals surface area contributed by atoms with Crippen LogP contribution in [0.2, 0.25) is 0 Å². The van der Waals surface area contributed by atoms with Gasteiger partial charge in [-0.1, -0.05) is 13.8 Å². The smallest absolute Gasteiger partial charge is 0.303 e. The minimum absolute atomic E-state index is 0.174. The molecule has 1 amide bonds. The van der Waals surface area contributed by atoms with Gasteiger partial charge in [0.25, 0.3) is 0 Å². The molecule has 104 valence electrons. The lowest BCUT2D eigenvalue weighted by atomic mass is 9.96. The fourth-order valence-corrected chi connectivity index (χ4v) is 2.37. The summed E-state index contributed by atoms with van der Waals surface area (Å²) >= 11 is 0. The summed E-state index contributed by atoms with van der Waals surface area (Å²) in [6, 6.07) is 0. The summed E-state index contributed by atoms with van der Waals surface area (Å²) in [4.78, 5) is 26.5. The number of likely N-dealkylation sites (tertiary alicyclic amines) is 1. The van der Waals surface area contributed by atoms with E-state index in [4.69, 9.17) is 5.11 Å². The van der Waals surface area contributed by atoms with Crippen molar-refractivity contribution < 1.29 is 14.7 Å². The standard InChI is InChI=1S/C13H24N2O3/c1-3-5-15(6-4-2)12(16)10-14-8-11(9-14)7-13(17)18/h11H,3-10H2,1-2H3,(H,17,18). The Bertz CT molecular complexity index is 282. The molecule has 1 saturated heterocycles. The summed E-state index contributed by atoms with van der Waals surface area (Å²) in [6.07, 6.45) is 2.18. The normalized spacial score (nSPS) is 16.3. The summed E-state index contributed by atoms with van der Waals surface area (Å²) in [6.45, 7) is 7.70. The van der Waals surface area contributed by atoms with E-state index in [1.165, 1.54) is 0 Å². The Morgan fingerprint density at radius 2 is 1.78 bits per heavy atom. The maximum Gasteiger partial charge on any atom is 0.303 e. The van der Waals surface area contributed by atoms with Gasteiger partial charge in [-0.05, 0) is 18.8 Å². The number of carbonyl (C=O) groups excluding carboxylic acids is 1. The van der Waals surface area contributed by atoms with Crippen molar-refractivity contribution in [1.29, 1.82) is 0 Å². The molecule has 0 atom stereocenters. The highest BCUT2D eigenvalue weighted by atomic mass is 16.4. The molecular weight excluding hydrogens is 232 g/mol. The molecule has 0 aromatic heterocycles. The molecule has 0 aromatic rings. The van der Waals surface area contributed by atoms with E-state index < -0.39 is 5.97 Å². The SMILES string of the molecule is CCCN(CCC)C(=O)CN1CC(CC(=O)O)C1. The Kier molecular flexibility index (Phi) is 6.12. The third-order valence-electron chi connectivity index (χ3n) is 3.19. The van der Waals surface area contributed by atoms with Gasteiger partial charge in [0.1, 0.15) is 0 Å². The van der Waals surface area contributed by atoms with Crippen LogP contribution in [0.5, 0.6) is 0 Å². The average Bonchev–Trinajstić information content (AvgIpc) is 2.25. The summed E-state index contributed by atoms with van der Waals surface area (Å²) in [7, 11) is 0. The molecule has 5 nitrogen and oxygen atoms in total. The van der Waals surface area contributed by atoms with Crippen molar-refractivity contribution in [3.05, 3.63) is 0 Å². The van der Waals surface area contributed by atoms with Gasteiger partial charge >= 0.3 is 5.97 Å². The number of hydrogen-bond acceptors (Lipinski definition) is 3. The molecule has 5 heteroatoms. The Hall–Kier alpha value is -1.10. The maximum absolute atomic E-state index is 12.0. The van der Waals surface area contributed by atoms with E-state index in [2.05, 4.69) is 13.8 Å². The maximum atomic E-state index is 12.0. The van der Waals surface area contributed by atoms with Crippen molar-refractivity contribution >= 4 is 11.9 Å². The second-order valence-electron chi connectivity index (χ2n) is 5.04. The lowest BCUT2D eigenvalue weighted by Crippen LogP contribution is -2.52. The minimum atomic E-state index is -0.746. The van der Waals surface area contributed by atoms with Gasteiger partial charge in [0.2, 0.25) is 5.91 Å². The first-order valence-corrected chi connectivity index (χ1v) is 6.78. The van der Waals surface area contributed by atoms with Gasteiger partial charge in [-0.2, -0.15) is 0 Å². The summed E-state index contributed by atoms with van der Waals surface area (Å²) < 4.78 is 0. The number of carbonyl (C=O) groups is 2. The predicted molar refractivity (Wildman–Crippen MR) is 69.3 cm³/mol. The molecule has 0 spiro atoms. The van der Waals surface area contributed by atoms with E-state index in [1.807, 2.05) is 9.80 Å². The average molecular weight is 256 g/mol. The largest absolute Gasteiger partial charge is 0.481 e. The highest BCUT2D eigenvalue weighted by molar-refractivity contribution is 5.78. The minimum Gasteiger partial charge on any atom is -0.481 e. The fraction of sp³-hybridized carbons (Fsp3) is 0.846. The van der Waals surface area contributed by atoms with Crippen LogP contribution in [-0.4, -0.2) is 59.5 Å². The molecule has 18 heavy (non-hydrogen) atoms. The summed E-state index contributed by atoms with van der Waals surface area (Å²) in [5.74, 6) is -0.349. The van der Waals surface area contributed by atoms with Gasteiger partial charge in [0.15, 0.2) is 0 Å². The van der Waals surface area contributed by atoms with Crippen LogP contribution in [0, 0.1) is 5.92 Å². The topological polar surface area (TPSA) is 60.9 Å². The quantitative estimate of drug-likeness (QED) is 0.705. The first-order chi connectivity index (χ1) is 8.56. The number of nitrogens with zero attached hydrogens (tertiary/aromatic N) is 2. The van der Waals surface area contributed by atoms with Crippen molar-refractivity contribution in [3.8, 4) is 0 Å². The monoisotopic (exact) mass is 256 g/mol. The van der Waals surface area contributed by atoms with Crippen molar-refractivity contribution in [1.82, 2.24) is 9.80 Å². The first-order valence-electron chi connectivity index (χ1n) is 6.78. The molecule has 0 radical (unpaired) electrons. The number of aliphatic carboxylic acids is 1. The van der Waals surface area contributed by atoms with Gasteiger partial charge in [-0.25, -0.2) is 0 Å². The number of carboxylic acids is 1. The van der Waals surface area contributed by atoms with E-state index in [9.17, 15) is 9.59 Å². The van der Waals surface area contributed by atoms with Gasteiger partial charge in [-0.3, -0.25) is 14.5 Å². The lowest BCUT2D eigenvalue weighted by Gasteiger charge is -2.39. The second-order valence-corrected chi connectivity index (χ2v) is 5.04. The van der Waals surface area contributed by atoms with E-state index >= 15 is 0 Å². The molecule has 0 saturated carbocycles. The Morgan fingerprint density at radius 1 is 1.22 bits per heavy atom. The van der Waals surface area contributed by atoms with Gasteiger partial charge in [0.05, 0.1) is 13.0 Å². The molecule has 1 aliphatic heterocycles. The fourth-order valence-electron chi connectivity index (χ4n) is 2.37. The van der Waals surface area contributed by atoms with Gasteiger partial charge < -0.3 is 10.0 Å². The van der Waals surface area contributed by atoms with Crippen LogP contribution in [0.4, 0.5) is 0 Å². The van der Waals surface area contributed by atoms with Crippen LogP contribution in [0.3, 0.4) is 0 Å². The Labute approximate surface area is 109 Å². The van der Waals surface area contributed by atoms with Crippen LogP contribution in [0.15, 0.2) is 0 Å². The number of hydrogen-bond donors (Lipinski definition) is 1. The van der Waals surface area contributed by atoms with Gasteiger partial charge in [-0.15, -0.1) is 0 Å². The van der Waals surface area contributed by atoms with Crippen LogP contribution >= 0.6 is 0 Å². The number of carboxylic acid groups (broad SMARTS) is 1. The molecule has 1 fully saturated rings. The third kappa shape index (κ3) is 4.64. The van der Waals surface area contributed by atoms with Crippen LogP contribution in [0.1, 0.15) is 33.1 Å². The molecule has 1 heterocycles. The molecule has 1 N–H and O–H groups in total. The summed E-state index contributed by atoms with van der Waals surface area (Å²) in [5.41, 5.74) is 0. The highest BCUT2D eigenvalue weighted by Crippen LogP contribution is 2.18. The molecule has 1 aliphatic rings. The molecule has 1 rings (SSSR count). The van der Waals surface area contributed by atoms with Crippen LogP contribution in [-0.2, 0) is 9.59 Å².